The maximum atomic E-state index is 13.4. The van der Waals surface area contributed by atoms with Gasteiger partial charge in [-0.05, 0) is 67.3 Å². The van der Waals surface area contributed by atoms with Gasteiger partial charge in [0.1, 0.15) is 0 Å². The molecule has 0 atom stereocenters. The molecule has 0 radical (unpaired) electrons. The molecule has 188 valence electrons. The lowest BCUT2D eigenvalue weighted by Gasteiger charge is -2.33. The number of hydrogen-bond acceptors (Lipinski definition) is 5. The smallest absolute Gasteiger partial charge is 0.260 e. The SMILES string of the molecule is COC1CCN(c2cncc3c(=O)n(Cc4ccc5cc(CNCC6CCC6)[nH]c5c4)ccc23)CC1. The Hall–Kier alpha value is -3.16. The van der Waals surface area contributed by atoms with Gasteiger partial charge in [0.15, 0.2) is 0 Å². The molecular weight excluding hydrogens is 450 g/mol. The first kappa shape index (κ1) is 23.3. The van der Waals surface area contributed by atoms with E-state index in [0.29, 0.717) is 18.0 Å². The van der Waals surface area contributed by atoms with Crippen LogP contribution < -0.4 is 15.8 Å². The average Bonchev–Trinajstić information content (AvgIpc) is 3.29. The fourth-order valence-corrected chi connectivity index (χ4v) is 5.63. The molecule has 0 bridgehead atoms. The first-order valence-electron chi connectivity index (χ1n) is 13.2. The van der Waals surface area contributed by atoms with Crippen molar-refractivity contribution in [2.75, 3.05) is 31.6 Å². The Morgan fingerprint density at radius 2 is 1.94 bits per heavy atom. The number of fused-ring (bicyclic) bond motifs is 2. The number of anilines is 1. The molecule has 6 rings (SSSR count). The van der Waals surface area contributed by atoms with Crippen LogP contribution in [0, 0.1) is 5.92 Å². The number of benzene rings is 1. The molecule has 2 N–H and O–H groups in total. The number of H-pyrrole nitrogens is 1. The van der Waals surface area contributed by atoms with Crippen LogP contribution in [0.3, 0.4) is 0 Å². The number of ether oxygens (including phenoxy) is 1. The molecule has 7 nitrogen and oxygen atoms in total. The number of methoxy groups -OCH3 is 1. The van der Waals surface area contributed by atoms with E-state index in [-0.39, 0.29) is 5.56 Å². The number of hydrogen-bond donors (Lipinski definition) is 2. The van der Waals surface area contributed by atoms with Gasteiger partial charge in [-0.3, -0.25) is 9.78 Å². The molecule has 0 spiro atoms. The first-order chi connectivity index (χ1) is 17.7. The summed E-state index contributed by atoms with van der Waals surface area (Å²) in [7, 11) is 1.78. The van der Waals surface area contributed by atoms with E-state index in [2.05, 4.69) is 50.5 Å². The Labute approximate surface area is 211 Å². The zero-order valence-electron chi connectivity index (χ0n) is 21.0. The van der Waals surface area contributed by atoms with E-state index in [1.54, 1.807) is 17.9 Å². The zero-order valence-corrected chi connectivity index (χ0v) is 21.0. The fraction of sp³-hybridized carbons (Fsp3) is 0.448. The van der Waals surface area contributed by atoms with E-state index in [0.717, 1.165) is 67.1 Å². The molecular formula is C29H35N5O2. The van der Waals surface area contributed by atoms with Gasteiger partial charge >= 0.3 is 0 Å². The minimum atomic E-state index is 0.00101. The van der Waals surface area contributed by atoms with Gasteiger partial charge in [0.2, 0.25) is 0 Å². The highest BCUT2D eigenvalue weighted by Crippen LogP contribution is 2.28. The van der Waals surface area contributed by atoms with Gasteiger partial charge in [-0.1, -0.05) is 18.6 Å². The summed E-state index contributed by atoms with van der Waals surface area (Å²) in [5, 5.41) is 6.43. The van der Waals surface area contributed by atoms with E-state index >= 15 is 0 Å². The quantitative estimate of drug-likeness (QED) is 0.386. The van der Waals surface area contributed by atoms with Crippen LogP contribution in [0.1, 0.15) is 43.4 Å². The summed E-state index contributed by atoms with van der Waals surface area (Å²) < 4.78 is 7.30. The Morgan fingerprint density at radius 1 is 1.08 bits per heavy atom. The molecule has 1 saturated heterocycles. The minimum absolute atomic E-state index is 0.00101. The van der Waals surface area contributed by atoms with Gasteiger partial charge in [-0.25, -0.2) is 0 Å². The molecule has 4 aromatic rings. The van der Waals surface area contributed by atoms with Crippen molar-refractivity contribution >= 4 is 27.4 Å². The molecule has 2 aliphatic rings. The number of piperidine rings is 1. The Kier molecular flexibility index (Phi) is 6.50. The number of aromatic nitrogens is 3. The lowest BCUT2D eigenvalue weighted by atomic mass is 9.85. The van der Waals surface area contributed by atoms with Crippen LogP contribution in [-0.4, -0.2) is 47.4 Å². The van der Waals surface area contributed by atoms with Crippen molar-refractivity contribution < 1.29 is 4.74 Å². The summed E-state index contributed by atoms with van der Waals surface area (Å²) in [4.78, 5) is 23.7. The molecule has 36 heavy (non-hydrogen) atoms. The number of pyridine rings is 2. The van der Waals surface area contributed by atoms with Gasteiger partial charge in [-0.15, -0.1) is 0 Å². The number of rotatable bonds is 8. The summed E-state index contributed by atoms with van der Waals surface area (Å²) in [6.45, 7) is 4.33. The van der Waals surface area contributed by atoms with Crippen LogP contribution in [0.15, 0.2) is 53.7 Å². The van der Waals surface area contributed by atoms with Crippen molar-refractivity contribution in [2.24, 2.45) is 5.92 Å². The third kappa shape index (κ3) is 4.65. The van der Waals surface area contributed by atoms with Crippen LogP contribution in [0.5, 0.6) is 0 Å². The average molecular weight is 486 g/mol. The number of nitrogens with zero attached hydrogens (tertiary/aromatic N) is 3. The molecule has 7 heteroatoms. The lowest BCUT2D eigenvalue weighted by molar-refractivity contribution is 0.0819. The van der Waals surface area contributed by atoms with Gasteiger partial charge < -0.3 is 24.5 Å². The van der Waals surface area contributed by atoms with E-state index in [1.165, 1.54) is 30.3 Å². The van der Waals surface area contributed by atoms with Gasteiger partial charge in [0.25, 0.3) is 5.56 Å². The van der Waals surface area contributed by atoms with Crippen LogP contribution in [-0.2, 0) is 17.8 Å². The number of nitrogens with one attached hydrogen (secondary N) is 2. The Balaban J connectivity index is 1.19. The summed E-state index contributed by atoms with van der Waals surface area (Å²) >= 11 is 0. The third-order valence-electron chi connectivity index (χ3n) is 8.06. The third-order valence-corrected chi connectivity index (χ3v) is 8.06. The van der Waals surface area contributed by atoms with Crippen molar-refractivity contribution in [1.29, 1.82) is 0 Å². The predicted molar refractivity (Wildman–Crippen MR) is 145 cm³/mol. The molecule has 4 heterocycles. The molecule has 1 saturated carbocycles. The van der Waals surface area contributed by atoms with E-state index in [4.69, 9.17) is 4.74 Å². The Bertz CT molecular complexity index is 1410. The summed E-state index contributed by atoms with van der Waals surface area (Å²) in [6.07, 6.45) is 11.9. The minimum Gasteiger partial charge on any atom is -0.381 e. The molecule has 0 unspecified atom stereocenters. The molecule has 0 amide bonds. The maximum Gasteiger partial charge on any atom is 0.260 e. The van der Waals surface area contributed by atoms with Gasteiger partial charge in [-0.2, -0.15) is 0 Å². The van der Waals surface area contributed by atoms with Gasteiger partial charge in [0.05, 0.1) is 29.9 Å². The summed E-state index contributed by atoms with van der Waals surface area (Å²) in [5.41, 5.74) is 4.46. The van der Waals surface area contributed by atoms with Crippen molar-refractivity contribution in [3.8, 4) is 0 Å². The Morgan fingerprint density at radius 3 is 2.72 bits per heavy atom. The summed E-state index contributed by atoms with van der Waals surface area (Å²) in [5.74, 6) is 0.857. The van der Waals surface area contributed by atoms with Crippen LogP contribution in [0.4, 0.5) is 5.69 Å². The monoisotopic (exact) mass is 485 g/mol. The highest BCUT2D eigenvalue weighted by molar-refractivity contribution is 5.92. The second-order valence-electron chi connectivity index (χ2n) is 10.4. The maximum absolute atomic E-state index is 13.4. The second-order valence-corrected chi connectivity index (χ2v) is 10.4. The van der Waals surface area contributed by atoms with E-state index < -0.39 is 0 Å². The molecule has 1 aliphatic heterocycles. The molecule has 1 aliphatic carbocycles. The normalized spacial score (nSPS) is 17.2. The van der Waals surface area contributed by atoms with Crippen LogP contribution in [0.25, 0.3) is 21.7 Å². The van der Waals surface area contributed by atoms with Crippen molar-refractivity contribution in [3.05, 3.63) is 70.5 Å². The lowest BCUT2D eigenvalue weighted by Crippen LogP contribution is -2.37. The largest absolute Gasteiger partial charge is 0.381 e. The topological polar surface area (TPSA) is 75.2 Å². The van der Waals surface area contributed by atoms with E-state index in [9.17, 15) is 4.79 Å². The van der Waals surface area contributed by atoms with Crippen LogP contribution >= 0.6 is 0 Å². The van der Waals surface area contributed by atoms with Crippen molar-refractivity contribution in [2.45, 2.75) is 51.3 Å². The second kappa shape index (κ2) is 10.1. The highest BCUT2D eigenvalue weighted by atomic mass is 16.5. The summed E-state index contributed by atoms with van der Waals surface area (Å²) in [6, 6.07) is 10.7. The van der Waals surface area contributed by atoms with E-state index in [1.807, 2.05) is 12.4 Å². The van der Waals surface area contributed by atoms with Crippen molar-refractivity contribution in [3.63, 3.8) is 0 Å². The highest BCUT2D eigenvalue weighted by Gasteiger charge is 2.21. The predicted octanol–water partition coefficient (Wildman–Crippen LogP) is 4.43. The molecule has 3 aromatic heterocycles. The van der Waals surface area contributed by atoms with Gasteiger partial charge in [0, 0.05) is 55.7 Å². The fourth-order valence-electron chi connectivity index (χ4n) is 5.63. The van der Waals surface area contributed by atoms with Crippen LogP contribution in [0.2, 0.25) is 0 Å². The van der Waals surface area contributed by atoms with Crippen molar-refractivity contribution in [1.82, 2.24) is 19.9 Å². The first-order valence-corrected chi connectivity index (χ1v) is 13.2. The zero-order chi connectivity index (χ0) is 24.5. The molecule has 2 fully saturated rings. The molecule has 1 aromatic carbocycles. The standard InChI is InChI=1S/C29H35N5O2/c1-36-24-7-10-33(11-8-24)28-18-31-17-26-25(28)9-12-34(29(26)35)19-21-5-6-22-14-23(32-27(22)13-21)16-30-15-20-3-2-4-20/h5-6,9,12-14,17-18,20,24,30,32H,2-4,7-8,10-11,15-16,19H2,1H3. The number of aromatic amines is 1.